The van der Waals surface area contributed by atoms with E-state index < -0.39 is 5.82 Å². The second kappa shape index (κ2) is 9.38. The van der Waals surface area contributed by atoms with Crippen molar-refractivity contribution in [1.82, 2.24) is 30.4 Å². The molecule has 4 aliphatic heterocycles. The summed E-state index contributed by atoms with van der Waals surface area (Å²) in [7, 11) is 0. The Balaban J connectivity index is 1.24. The van der Waals surface area contributed by atoms with E-state index in [0.717, 1.165) is 57.4 Å². The molecule has 6 heterocycles. The first-order valence-electron chi connectivity index (χ1n) is 14.6. The van der Waals surface area contributed by atoms with Crippen molar-refractivity contribution in [3.63, 3.8) is 0 Å². The van der Waals surface area contributed by atoms with E-state index in [1.165, 1.54) is 11.1 Å². The normalized spacial score (nSPS) is 23.2. The largest absolute Gasteiger partial charge is 0.461 e. The Hall–Kier alpha value is -4.26. The van der Waals surface area contributed by atoms with Gasteiger partial charge in [-0.1, -0.05) is 36.3 Å². The molecule has 0 spiro atoms. The number of nitrogens with one attached hydrogen (secondary N) is 2. The minimum atomic E-state index is -0.470. The van der Waals surface area contributed by atoms with Crippen molar-refractivity contribution < 1.29 is 9.13 Å². The van der Waals surface area contributed by atoms with E-state index in [1.807, 2.05) is 24.3 Å². The number of piperazine rings is 1. The average Bonchev–Trinajstić information content (AvgIpc) is 3.72. The maximum Gasteiger partial charge on any atom is 0.319 e. The SMILES string of the molecule is C#Cc1cccc2[nH]nc(-c3ccc4c(N5C[C@H]6CC[C@@H](C5)N6)nc(OCC56CC(=C)CN5CC(=C)C6)nc4c3F)c12. The lowest BCUT2D eigenvalue weighted by molar-refractivity contribution is 0.108. The second-order valence-electron chi connectivity index (χ2n) is 12.4. The minimum absolute atomic E-state index is 0.181. The van der Waals surface area contributed by atoms with Crippen LogP contribution in [0.15, 0.2) is 54.6 Å². The lowest BCUT2D eigenvalue weighted by Gasteiger charge is -2.34. The fraction of sp³-hybridized carbons (Fsp3) is 0.364. The predicted octanol–water partition coefficient (Wildman–Crippen LogP) is 4.57. The molecular formula is C33H32FN7O. The van der Waals surface area contributed by atoms with Crippen molar-refractivity contribution in [2.24, 2.45) is 0 Å². The summed E-state index contributed by atoms with van der Waals surface area (Å²) < 4.78 is 23.0. The molecule has 4 aromatic rings. The van der Waals surface area contributed by atoms with E-state index >= 15 is 4.39 Å². The number of rotatable bonds is 5. The third-order valence-electron chi connectivity index (χ3n) is 9.41. The molecule has 0 aliphatic carbocycles. The van der Waals surface area contributed by atoms with Crippen LogP contribution in [0.1, 0.15) is 31.2 Å². The molecule has 9 heteroatoms. The third kappa shape index (κ3) is 3.93. The van der Waals surface area contributed by atoms with Gasteiger partial charge in [0, 0.05) is 60.2 Å². The van der Waals surface area contributed by atoms with Crippen molar-refractivity contribution in [2.75, 3.05) is 37.7 Å². The number of aromatic nitrogens is 4. The molecule has 4 aliphatic rings. The van der Waals surface area contributed by atoms with Crippen LogP contribution in [0.25, 0.3) is 33.1 Å². The van der Waals surface area contributed by atoms with Crippen LogP contribution < -0.4 is 15.0 Å². The topological polar surface area (TPSA) is 82.2 Å². The van der Waals surface area contributed by atoms with Gasteiger partial charge < -0.3 is 15.0 Å². The van der Waals surface area contributed by atoms with Gasteiger partial charge >= 0.3 is 6.01 Å². The highest BCUT2D eigenvalue weighted by Gasteiger charge is 2.48. The van der Waals surface area contributed by atoms with Crippen LogP contribution in [0.5, 0.6) is 6.01 Å². The first kappa shape index (κ1) is 25.5. The molecule has 8 nitrogen and oxygen atoms in total. The van der Waals surface area contributed by atoms with Crippen molar-refractivity contribution in [3.8, 4) is 29.6 Å². The van der Waals surface area contributed by atoms with Crippen molar-refractivity contribution in [1.29, 1.82) is 0 Å². The smallest absolute Gasteiger partial charge is 0.319 e. The van der Waals surface area contributed by atoms with Crippen molar-refractivity contribution >= 4 is 27.6 Å². The molecule has 8 rings (SSSR count). The second-order valence-corrected chi connectivity index (χ2v) is 12.4. The van der Waals surface area contributed by atoms with E-state index in [4.69, 9.17) is 21.1 Å². The Morgan fingerprint density at radius 1 is 1.07 bits per heavy atom. The zero-order chi connectivity index (χ0) is 28.6. The maximum absolute atomic E-state index is 16.6. The molecule has 0 saturated carbocycles. The highest BCUT2D eigenvalue weighted by molar-refractivity contribution is 6.00. The molecule has 4 fully saturated rings. The van der Waals surface area contributed by atoms with Gasteiger partial charge in [-0.2, -0.15) is 15.1 Å². The summed E-state index contributed by atoms with van der Waals surface area (Å²) in [6.45, 7) is 12.1. The van der Waals surface area contributed by atoms with E-state index in [1.54, 1.807) is 6.07 Å². The maximum atomic E-state index is 16.6. The van der Waals surface area contributed by atoms with E-state index in [0.29, 0.717) is 52.1 Å². The van der Waals surface area contributed by atoms with Gasteiger partial charge in [-0.05, 0) is 49.9 Å². The van der Waals surface area contributed by atoms with Gasteiger partial charge in [-0.3, -0.25) is 10.00 Å². The average molecular weight is 562 g/mol. The van der Waals surface area contributed by atoms with Crippen LogP contribution in [0, 0.1) is 18.2 Å². The van der Waals surface area contributed by atoms with Crippen LogP contribution >= 0.6 is 0 Å². The number of ether oxygens (including phenoxy) is 1. The molecule has 2 atom stereocenters. The fourth-order valence-corrected chi connectivity index (χ4v) is 7.62. The molecular weight excluding hydrogens is 529 g/mol. The summed E-state index contributed by atoms with van der Waals surface area (Å²) in [4.78, 5) is 14.3. The number of H-pyrrole nitrogens is 1. The van der Waals surface area contributed by atoms with Crippen molar-refractivity contribution in [3.05, 3.63) is 66.0 Å². The van der Waals surface area contributed by atoms with Crippen LogP contribution in [-0.4, -0.2) is 75.5 Å². The summed E-state index contributed by atoms with van der Waals surface area (Å²) in [5.74, 6) is 2.94. The van der Waals surface area contributed by atoms with Crippen LogP contribution in [0.4, 0.5) is 10.2 Å². The number of fused-ring (bicyclic) bond motifs is 5. The van der Waals surface area contributed by atoms with Gasteiger partial charge in [-0.25, -0.2) is 4.39 Å². The highest BCUT2D eigenvalue weighted by atomic mass is 19.1. The Kier molecular flexibility index (Phi) is 5.68. The molecule has 0 unspecified atom stereocenters. The number of terminal acetylenes is 1. The van der Waals surface area contributed by atoms with Gasteiger partial charge in [0.25, 0.3) is 0 Å². The standard InChI is InChI=1S/C33H32FN7O/c1-4-21-6-5-7-26-27(21)29(39-38-26)24-10-11-25-30(28(24)34)36-32(37-31(25)40-16-22-8-9-23(17-40)35-22)42-18-33-12-19(2)14-41(33)15-20(3)13-33/h1,5-7,10-11,22-23,35H,2-3,8-9,12-18H2,(H,38,39)/t22-,23+. The van der Waals surface area contributed by atoms with E-state index in [9.17, 15) is 0 Å². The van der Waals surface area contributed by atoms with Gasteiger partial charge in [-0.15, -0.1) is 6.42 Å². The van der Waals surface area contributed by atoms with Gasteiger partial charge in [0.15, 0.2) is 5.82 Å². The number of hydrogen-bond donors (Lipinski definition) is 2. The summed E-state index contributed by atoms with van der Waals surface area (Å²) >= 11 is 0. The number of nitrogens with zero attached hydrogens (tertiary/aromatic N) is 5. The number of anilines is 1. The Labute approximate surface area is 243 Å². The number of hydrogen-bond acceptors (Lipinski definition) is 7. The summed E-state index contributed by atoms with van der Waals surface area (Å²) in [5.41, 5.74) is 4.59. The van der Waals surface area contributed by atoms with E-state index in [2.05, 4.69) is 44.4 Å². The Morgan fingerprint density at radius 2 is 1.83 bits per heavy atom. The molecule has 2 bridgehead atoms. The van der Waals surface area contributed by atoms with E-state index in [-0.39, 0.29) is 17.1 Å². The predicted molar refractivity (Wildman–Crippen MR) is 162 cm³/mol. The van der Waals surface area contributed by atoms with Gasteiger partial charge in [0.05, 0.1) is 11.1 Å². The lowest BCUT2D eigenvalue weighted by atomic mass is 9.92. The summed E-state index contributed by atoms with van der Waals surface area (Å²) in [6.07, 6.45) is 9.73. The zero-order valence-corrected chi connectivity index (χ0v) is 23.4. The molecule has 42 heavy (non-hydrogen) atoms. The Bertz CT molecular complexity index is 1810. The molecule has 212 valence electrons. The molecule has 2 aromatic carbocycles. The first-order chi connectivity index (χ1) is 20.4. The number of halogens is 1. The Morgan fingerprint density at radius 3 is 2.57 bits per heavy atom. The third-order valence-corrected chi connectivity index (χ3v) is 9.41. The molecule has 0 amide bonds. The summed E-state index contributed by atoms with van der Waals surface area (Å²) in [5, 5.41) is 12.5. The number of aromatic amines is 1. The first-order valence-corrected chi connectivity index (χ1v) is 14.6. The molecule has 4 saturated heterocycles. The lowest BCUT2D eigenvalue weighted by Crippen LogP contribution is -2.51. The van der Waals surface area contributed by atoms with Crippen LogP contribution in [0.2, 0.25) is 0 Å². The van der Waals surface area contributed by atoms with Crippen molar-refractivity contribution in [2.45, 2.75) is 43.3 Å². The quantitative estimate of drug-likeness (QED) is 0.273. The monoisotopic (exact) mass is 561 g/mol. The number of benzene rings is 2. The molecule has 2 N–H and O–H groups in total. The highest BCUT2D eigenvalue weighted by Crippen LogP contribution is 2.43. The molecule has 2 aromatic heterocycles. The summed E-state index contributed by atoms with van der Waals surface area (Å²) in [6, 6.07) is 10.2. The van der Waals surface area contributed by atoms with Gasteiger partial charge in [0.2, 0.25) is 0 Å². The fourth-order valence-electron chi connectivity index (χ4n) is 7.62. The van der Waals surface area contributed by atoms with Crippen LogP contribution in [-0.2, 0) is 0 Å². The molecule has 0 radical (unpaired) electrons. The zero-order valence-electron chi connectivity index (χ0n) is 23.4. The van der Waals surface area contributed by atoms with Gasteiger partial charge in [0.1, 0.15) is 23.6 Å². The van der Waals surface area contributed by atoms with Crippen LogP contribution in [0.3, 0.4) is 0 Å². The minimum Gasteiger partial charge on any atom is -0.461 e.